The van der Waals surface area contributed by atoms with Gasteiger partial charge < -0.3 is 9.64 Å². The van der Waals surface area contributed by atoms with E-state index < -0.39 is 0 Å². The lowest BCUT2D eigenvalue weighted by atomic mass is 9.89. The molecule has 188 valence electrons. The zero-order valence-electron chi connectivity index (χ0n) is 20.2. The summed E-state index contributed by atoms with van der Waals surface area (Å²) in [6.45, 7) is 3.96. The molecule has 1 atom stereocenters. The minimum atomic E-state index is -0.237. The van der Waals surface area contributed by atoms with Crippen molar-refractivity contribution in [2.75, 3.05) is 38.6 Å². The molecule has 1 unspecified atom stereocenters. The number of ether oxygens (including phenoxy) is 1. The number of aryl methyl sites for hydroxylation is 1. The first-order valence-corrected chi connectivity index (χ1v) is 13.4. The molecule has 1 saturated heterocycles. The van der Waals surface area contributed by atoms with E-state index in [-0.39, 0.29) is 17.7 Å². The first-order chi connectivity index (χ1) is 17.5. The smallest absolute Gasteiger partial charge is 0.257 e. The SMILES string of the molecule is COc1ccc(C(=O)Nc2nc3c(s2)CCCC3C(=O)N2CCN(Cc3ccc(Cl)cc3)CC2)cc1. The predicted octanol–water partition coefficient (Wildman–Crippen LogP) is 4.82. The number of nitrogens with zero attached hydrogens (tertiary/aromatic N) is 3. The Labute approximate surface area is 220 Å². The van der Waals surface area contributed by atoms with Gasteiger partial charge in [0, 0.05) is 48.2 Å². The maximum Gasteiger partial charge on any atom is 0.257 e. The number of rotatable bonds is 6. The van der Waals surface area contributed by atoms with Crippen LogP contribution < -0.4 is 10.1 Å². The van der Waals surface area contributed by atoms with Crippen LogP contribution in [0.4, 0.5) is 5.13 Å². The molecule has 0 saturated carbocycles. The molecule has 1 aliphatic heterocycles. The number of methoxy groups -OCH3 is 1. The monoisotopic (exact) mass is 524 g/mol. The molecule has 2 amide bonds. The summed E-state index contributed by atoms with van der Waals surface area (Å²) in [4.78, 5) is 36.4. The zero-order chi connectivity index (χ0) is 25.1. The molecule has 0 radical (unpaired) electrons. The summed E-state index contributed by atoms with van der Waals surface area (Å²) in [6.07, 6.45) is 2.64. The summed E-state index contributed by atoms with van der Waals surface area (Å²) in [5.41, 5.74) is 2.60. The maximum absolute atomic E-state index is 13.5. The van der Waals surface area contributed by atoms with E-state index in [1.54, 1.807) is 31.4 Å². The van der Waals surface area contributed by atoms with Crippen molar-refractivity contribution in [3.63, 3.8) is 0 Å². The largest absolute Gasteiger partial charge is 0.497 e. The Morgan fingerprint density at radius 3 is 2.50 bits per heavy atom. The van der Waals surface area contributed by atoms with E-state index in [1.807, 2.05) is 17.0 Å². The lowest BCUT2D eigenvalue weighted by molar-refractivity contribution is -0.135. The quantitative estimate of drug-likeness (QED) is 0.500. The molecule has 7 nitrogen and oxygen atoms in total. The molecule has 3 aromatic rings. The highest BCUT2D eigenvalue weighted by Gasteiger charge is 2.34. The lowest BCUT2D eigenvalue weighted by Crippen LogP contribution is -2.49. The molecular weight excluding hydrogens is 496 g/mol. The number of nitrogens with one attached hydrogen (secondary N) is 1. The van der Waals surface area contributed by atoms with Crippen LogP contribution >= 0.6 is 22.9 Å². The highest BCUT2D eigenvalue weighted by atomic mass is 35.5. The summed E-state index contributed by atoms with van der Waals surface area (Å²) in [5.74, 6) is 0.395. The predicted molar refractivity (Wildman–Crippen MR) is 142 cm³/mol. The Hall–Kier alpha value is -2.94. The van der Waals surface area contributed by atoms with Crippen molar-refractivity contribution in [1.29, 1.82) is 0 Å². The third kappa shape index (κ3) is 5.56. The first-order valence-electron chi connectivity index (χ1n) is 12.2. The highest BCUT2D eigenvalue weighted by molar-refractivity contribution is 7.16. The number of hydrogen-bond donors (Lipinski definition) is 1. The Morgan fingerprint density at radius 2 is 1.81 bits per heavy atom. The Balaban J connectivity index is 1.20. The van der Waals surface area contributed by atoms with E-state index in [1.165, 1.54) is 16.9 Å². The van der Waals surface area contributed by atoms with Crippen molar-refractivity contribution in [1.82, 2.24) is 14.8 Å². The van der Waals surface area contributed by atoms with Gasteiger partial charge in [-0.1, -0.05) is 23.7 Å². The Bertz CT molecular complexity index is 1220. The van der Waals surface area contributed by atoms with Gasteiger partial charge in [-0.15, -0.1) is 11.3 Å². The topological polar surface area (TPSA) is 74.8 Å². The van der Waals surface area contributed by atoms with Crippen molar-refractivity contribution in [2.24, 2.45) is 0 Å². The molecule has 1 fully saturated rings. The molecule has 0 bridgehead atoms. The summed E-state index contributed by atoms with van der Waals surface area (Å²) in [5, 5.41) is 4.20. The second-order valence-electron chi connectivity index (χ2n) is 9.18. The van der Waals surface area contributed by atoms with Gasteiger partial charge in [0.1, 0.15) is 5.75 Å². The van der Waals surface area contributed by atoms with Crippen molar-refractivity contribution in [3.8, 4) is 5.75 Å². The zero-order valence-corrected chi connectivity index (χ0v) is 21.8. The van der Waals surface area contributed by atoms with Gasteiger partial charge in [-0.3, -0.25) is 19.8 Å². The Morgan fingerprint density at radius 1 is 1.08 bits per heavy atom. The van der Waals surface area contributed by atoms with Gasteiger partial charge >= 0.3 is 0 Å². The summed E-state index contributed by atoms with van der Waals surface area (Å²) in [6, 6.07) is 14.9. The van der Waals surface area contributed by atoms with Gasteiger partial charge in [0.15, 0.2) is 5.13 Å². The van der Waals surface area contributed by atoms with Gasteiger partial charge in [-0.25, -0.2) is 4.98 Å². The number of halogens is 1. The molecule has 2 heterocycles. The van der Waals surface area contributed by atoms with Crippen LogP contribution in [-0.2, 0) is 17.8 Å². The fourth-order valence-corrected chi connectivity index (χ4v) is 6.00. The third-order valence-corrected chi connectivity index (χ3v) is 8.13. The van der Waals surface area contributed by atoms with Gasteiger partial charge in [0.25, 0.3) is 5.91 Å². The van der Waals surface area contributed by atoms with Crippen molar-refractivity contribution < 1.29 is 14.3 Å². The molecule has 5 rings (SSSR count). The fraction of sp³-hybridized carbons (Fsp3) is 0.370. The second kappa shape index (κ2) is 11.0. The van der Waals surface area contributed by atoms with E-state index in [0.717, 1.165) is 54.5 Å². The number of anilines is 1. The molecular formula is C27H29ClN4O3S. The molecule has 2 aliphatic rings. The molecule has 2 aromatic carbocycles. The first kappa shape index (κ1) is 24.7. The number of benzene rings is 2. The van der Waals surface area contributed by atoms with Gasteiger partial charge in [-0.05, 0) is 61.2 Å². The van der Waals surface area contributed by atoms with E-state index in [0.29, 0.717) is 29.5 Å². The standard InChI is InChI=1S/C27H29ClN4O3S/c1-35-21-11-7-19(8-12-21)25(33)30-27-29-24-22(3-2-4-23(24)36-27)26(34)32-15-13-31(14-16-32)17-18-5-9-20(28)10-6-18/h5-12,22H,2-4,13-17H2,1H3,(H,29,30,33). The van der Waals surface area contributed by atoms with Crippen LogP contribution in [0.15, 0.2) is 48.5 Å². The average molecular weight is 525 g/mol. The van der Waals surface area contributed by atoms with E-state index in [2.05, 4.69) is 22.3 Å². The Kier molecular flexibility index (Phi) is 7.55. The van der Waals surface area contributed by atoms with E-state index >= 15 is 0 Å². The van der Waals surface area contributed by atoms with Crippen LogP contribution in [0.5, 0.6) is 5.75 Å². The van der Waals surface area contributed by atoms with Crippen LogP contribution in [0.2, 0.25) is 5.02 Å². The van der Waals surface area contributed by atoms with Gasteiger partial charge in [-0.2, -0.15) is 0 Å². The minimum Gasteiger partial charge on any atom is -0.497 e. The number of fused-ring (bicyclic) bond motifs is 1. The number of carbonyl (C=O) groups excluding carboxylic acids is 2. The van der Waals surface area contributed by atoms with Crippen LogP contribution in [0.25, 0.3) is 0 Å². The number of carbonyl (C=O) groups is 2. The minimum absolute atomic E-state index is 0.153. The lowest BCUT2D eigenvalue weighted by Gasteiger charge is -2.37. The number of aromatic nitrogens is 1. The third-order valence-electron chi connectivity index (χ3n) is 6.83. The average Bonchev–Trinajstić information content (AvgIpc) is 3.32. The summed E-state index contributed by atoms with van der Waals surface area (Å²) >= 11 is 7.48. The van der Waals surface area contributed by atoms with Crippen molar-refractivity contribution in [3.05, 3.63) is 75.3 Å². The maximum atomic E-state index is 13.5. The highest BCUT2D eigenvalue weighted by Crippen LogP contribution is 2.38. The summed E-state index contributed by atoms with van der Waals surface area (Å²) < 4.78 is 5.16. The number of hydrogen-bond acceptors (Lipinski definition) is 6. The van der Waals surface area contributed by atoms with Gasteiger partial charge in [0.2, 0.25) is 5.91 Å². The van der Waals surface area contributed by atoms with Gasteiger partial charge in [0.05, 0.1) is 18.7 Å². The van der Waals surface area contributed by atoms with Crippen LogP contribution in [-0.4, -0.2) is 59.9 Å². The van der Waals surface area contributed by atoms with Crippen molar-refractivity contribution in [2.45, 2.75) is 31.7 Å². The number of amides is 2. The molecule has 1 aliphatic carbocycles. The molecule has 9 heteroatoms. The number of piperazine rings is 1. The molecule has 1 N–H and O–H groups in total. The van der Waals surface area contributed by atoms with Crippen LogP contribution in [0, 0.1) is 0 Å². The molecule has 36 heavy (non-hydrogen) atoms. The van der Waals surface area contributed by atoms with E-state index in [4.69, 9.17) is 21.3 Å². The normalized spacial score (nSPS) is 17.9. The summed E-state index contributed by atoms with van der Waals surface area (Å²) in [7, 11) is 1.59. The number of thiazole rings is 1. The fourth-order valence-electron chi connectivity index (χ4n) is 4.82. The van der Waals surface area contributed by atoms with Crippen molar-refractivity contribution >= 4 is 39.9 Å². The van der Waals surface area contributed by atoms with Crippen LogP contribution in [0.3, 0.4) is 0 Å². The second-order valence-corrected chi connectivity index (χ2v) is 10.7. The van der Waals surface area contributed by atoms with E-state index in [9.17, 15) is 9.59 Å². The molecule has 1 aromatic heterocycles. The molecule has 0 spiro atoms. The van der Waals surface area contributed by atoms with Crippen LogP contribution in [0.1, 0.15) is 45.3 Å².